The second-order valence-electron chi connectivity index (χ2n) is 3.33. The van der Waals surface area contributed by atoms with E-state index in [1.165, 1.54) is 0 Å². The van der Waals surface area contributed by atoms with Crippen LogP contribution in [0.1, 0.15) is 23.3 Å². The summed E-state index contributed by atoms with van der Waals surface area (Å²) < 4.78 is 38.2. The molecule has 2 aromatic heterocycles. The first-order chi connectivity index (χ1) is 7.84. The fourth-order valence-corrected chi connectivity index (χ4v) is 2.35. The fourth-order valence-electron chi connectivity index (χ4n) is 1.34. The van der Waals surface area contributed by atoms with Crippen molar-refractivity contribution in [1.82, 2.24) is 14.6 Å². The molecule has 0 aliphatic rings. The Morgan fingerprint density at radius 1 is 1.47 bits per heavy atom. The van der Waals surface area contributed by atoms with Crippen molar-refractivity contribution in [1.29, 1.82) is 0 Å². The second kappa shape index (κ2) is 3.69. The fraction of sp³-hybridized carbons (Fsp3) is 0.375. The molecule has 0 saturated heterocycles. The number of thiazole rings is 1. The van der Waals surface area contributed by atoms with E-state index < -0.39 is 12.0 Å². The lowest BCUT2D eigenvalue weighted by molar-refractivity contribution is -0.144. The van der Waals surface area contributed by atoms with Gasteiger partial charge in [0.15, 0.2) is 0 Å². The van der Waals surface area contributed by atoms with Gasteiger partial charge in [0, 0.05) is 0 Å². The Bertz CT molecular complexity index is 598. The number of hydrogen-bond donors (Lipinski definition) is 1. The quantitative estimate of drug-likeness (QED) is 0.488. The van der Waals surface area contributed by atoms with Gasteiger partial charge in [0.05, 0.1) is 16.3 Å². The van der Waals surface area contributed by atoms with E-state index in [1.807, 2.05) is 0 Å². The molecule has 0 atom stereocenters. The van der Waals surface area contributed by atoms with Crippen molar-refractivity contribution in [3.05, 3.63) is 16.4 Å². The van der Waals surface area contributed by atoms with Crippen molar-refractivity contribution in [2.45, 2.75) is 20.0 Å². The van der Waals surface area contributed by atoms with E-state index >= 15 is 0 Å². The molecule has 2 rings (SSSR count). The number of aryl methyl sites for hydroxylation is 1. The highest BCUT2D eigenvalue weighted by molar-refractivity contribution is 7.19. The molecule has 9 heteroatoms. The summed E-state index contributed by atoms with van der Waals surface area (Å²) in [7, 11) is 0. The molecule has 0 bridgehead atoms. The molecule has 0 aliphatic carbocycles. The number of oxime groups is 1. The minimum atomic E-state index is -4.56. The maximum atomic E-state index is 12.4. The summed E-state index contributed by atoms with van der Waals surface area (Å²) >= 11 is 0.992. The molecule has 0 amide bonds. The summed E-state index contributed by atoms with van der Waals surface area (Å²) in [5, 5.41) is 15.0. The third-order valence-electron chi connectivity index (χ3n) is 2.15. The summed E-state index contributed by atoms with van der Waals surface area (Å²) in [5.74, 6) is -1.17. The first kappa shape index (κ1) is 11.8. The number of alkyl halides is 3. The lowest BCUT2D eigenvalue weighted by Crippen LogP contribution is -2.08. The molecule has 0 aliphatic heterocycles. The van der Waals surface area contributed by atoms with Gasteiger partial charge in [-0.15, -0.1) is 5.10 Å². The van der Waals surface area contributed by atoms with Gasteiger partial charge >= 0.3 is 6.18 Å². The lowest BCUT2D eigenvalue weighted by Gasteiger charge is -1.98. The maximum absolute atomic E-state index is 12.4. The first-order valence-electron chi connectivity index (χ1n) is 4.47. The average Bonchev–Trinajstić information content (AvgIpc) is 2.77. The van der Waals surface area contributed by atoms with Gasteiger partial charge in [-0.25, -0.2) is 4.52 Å². The van der Waals surface area contributed by atoms with Gasteiger partial charge in [-0.3, -0.25) is 0 Å². The predicted octanol–water partition coefficient (Wildman–Crippen LogP) is 2.32. The Kier molecular flexibility index (Phi) is 2.57. The summed E-state index contributed by atoms with van der Waals surface area (Å²) in [4.78, 5) is 4.06. The monoisotopic (exact) mass is 264 g/mol. The van der Waals surface area contributed by atoms with Crippen LogP contribution in [0.15, 0.2) is 5.16 Å². The average molecular weight is 264 g/mol. The van der Waals surface area contributed by atoms with Gasteiger partial charge in [-0.05, 0) is 13.8 Å². The van der Waals surface area contributed by atoms with E-state index in [2.05, 4.69) is 15.2 Å². The number of aromatic nitrogens is 3. The van der Waals surface area contributed by atoms with Gasteiger partial charge in [-0.1, -0.05) is 16.5 Å². The SMILES string of the molecule is CC(=NO)c1sc2nc(C(F)(F)F)nn2c1C. The molecule has 0 radical (unpaired) electrons. The molecule has 0 unspecified atom stereocenters. The summed E-state index contributed by atoms with van der Waals surface area (Å²) in [6.07, 6.45) is -4.56. The number of hydrogen-bond acceptors (Lipinski definition) is 5. The minimum Gasteiger partial charge on any atom is -0.411 e. The molecule has 0 aromatic carbocycles. The van der Waals surface area contributed by atoms with E-state index in [1.54, 1.807) is 13.8 Å². The Morgan fingerprint density at radius 2 is 2.12 bits per heavy atom. The maximum Gasteiger partial charge on any atom is 0.453 e. The second-order valence-corrected chi connectivity index (χ2v) is 4.31. The Labute approximate surface area is 97.2 Å². The van der Waals surface area contributed by atoms with Gasteiger partial charge < -0.3 is 5.21 Å². The van der Waals surface area contributed by atoms with Crippen LogP contribution < -0.4 is 0 Å². The zero-order valence-corrected chi connectivity index (χ0v) is 9.59. The van der Waals surface area contributed by atoms with Crippen molar-refractivity contribution < 1.29 is 18.4 Å². The minimum absolute atomic E-state index is 0.118. The summed E-state index contributed by atoms with van der Waals surface area (Å²) in [6, 6.07) is 0. The molecular formula is C8H7F3N4OS. The van der Waals surface area contributed by atoms with Gasteiger partial charge in [0.25, 0.3) is 5.82 Å². The standard InChI is InChI=1S/C8H7F3N4OS/c1-3(14-16)5-4(2)15-7(17-5)12-6(13-15)8(9,10)11/h16H,1-2H3. The highest BCUT2D eigenvalue weighted by Gasteiger charge is 2.37. The van der Waals surface area contributed by atoms with Crippen LogP contribution in [0, 0.1) is 6.92 Å². The number of fused-ring (bicyclic) bond motifs is 1. The van der Waals surface area contributed by atoms with Crippen molar-refractivity contribution in [2.75, 3.05) is 0 Å². The van der Waals surface area contributed by atoms with Crippen molar-refractivity contribution in [2.24, 2.45) is 5.16 Å². The molecule has 2 aromatic rings. The first-order valence-corrected chi connectivity index (χ1v) is 5.28. The zero-order chi connectivity index (χ0) is 12.8. The zero-order valence-electron chi connectivity index (χ0n) is 8.78. The van der Waals surface area contributed by atoms with Crippen LogP contribution in [0.25, 0.3) is 4.96 Å². The van der Waals surface area contributed by atoms with Crippen LogP contribution in [-0.4, -0.2) is 25.5 Å². The van der Waals surface area contributed by atoms with E-state index in [0.29, 0.717) is 16.3 Å². The Balaban J connectivity index is 2.61. The van der Waals surface area contributed by atoms with E-state index in [9.17, 15) is 13.2 Å². The van der Waals surface area contributed by atoms with Crippen LogP contribution in [0.2, 0.25) is 0 Å². The predicted molar refractivity (Wildman–Crippen MR) is 54.6 cm³/mol. The van der Waals surface area contributed by atoms with E-state index in [0.717, 1.165) is 15.9 Å². The van der Waals surface area contributed by atoms with Crippen LogP contribution >= 0.6 is 11.3 Å². The van der Waals surface area contributed by atoms with Gasteiger partial charge in [0.2, 0.25) is 4.96 Å². The molecule has 0 fully saturated rings. The Hall–Kier alpha value is -1.64. The lowest BCUT2D eigenvalue weighted by atomic mass is 10.3. The van der Waals surface area contributed by atoms with Gasteiger partial charge in [-0.2, -0.15) is 18.2 Å². The number of nitrogens with zero attached hydrogens (tertiary/aromatic N) is 4. The smallest absolute Gasteiger partial charge is 0.411 e. The third-order valence-corrected chi connectivity index (χ3v) is 3.39. The van der Waals surface area contributed by atoms with Crippen LogP contribution in [-0.2, 0) is 6.18 Å². The largest absolute Gasteiger partial charge is 0.453 e. The van der Waals surface area contributed by atoms with E-state index in [4.69, 9.17) is 5.21 Å². The van der Waals surface area contributed by atoms with Crippen LogP contribution in [0.4, 0.5) is 13.2 Å². The topological polar surface area (TPSA) is 62.8 Å². The van der Waals surface area contributed by atoms with Crippen LogP contribution in [0.5, 0.6) is 0 Å². The normalized spacial score (nSPS) is 13.6. The molecule has 17 heavy (non-hydrogen) atoms. The molecule has 1 N–H and O–H groups in total. The van der Waals surface area contributed by atoms with Crippen molar-refractivity contribution >= 4 is 22.0 Å². The molecule has 92 valence electrons. The van der Waals surface area contributed by atoms with E-state index in [-0.39, 0.29) is 4.96 Å². The van der Waals surface area contributed by atoms with Crippen LogP contribution in [0.3, 0.4) is 0 Å². The number of rotatable bonds is 1. The number of halogens is 3. The molecule has 5 nitrogen and oxygen atoms in total. The van der Waals surface area contributed by atoms with Gasteiger partial charge in [0.1, 0.15) is 0 Å². The molecular weight excluding hydrogens is 257 g/mol. The summed E-state index contributed by atoms with van der Waals surface area (Å²) in [6.45, 7) is 3.13. The highest BCUT2D eigenvalue weighted by Crippen LogP contribution is 2.29. The highest BCUT2D eigenvalue weighted by atomic mass is 32.1. The third kappa shape index (κ3) is 1.86. The molecule has 2 heterocycles. The molecule has 0 spiro atoms. The summed E-state index contributed by atoms with van der Waals surface area (Å²) in [5.41, 5.74) is 0.775. The molecule has 0 saturated carbocycles. The Morgan fingerprint density at radius 3 is 2.59 bits per heavy atom. The van der Waals surface area contributed by atoms with Crippen molar-refractivity contribution in [3.8, 4) is 0 Å². The van der Waals surface area contributed by atoms with Crippen molar-refractivity contribution in [3.63, 3.8) is 0 Å².